The van der Waals surface area contributed by atoms with Crippen LogP contribution in [0, 0.1) is 17.2 Å². The van der Waals surface area contributed by atoms with Crippen LogP contribution in [0.15, 0.2) is 48.5 Å². The third kappa shape index (κ3) is 8.09. The van der Waals surface area contributed by atoms with Gasteiger partial charge in [0.15, 0.2) is 11.5 Å². The number of benzene rings is 2. The molecular formula is C26H33N3O3. The smallest absolute Gasteiger partial charge is 0.246 e. The number of hydrogen-bond donors (Lipinski definition) is 0. The molecule has 0 unspecified atom stereocenters. The fourth-order valence-electron chi connectivity index (χ4n) is 2.93. The first-order valence-electron chi connectivity index (χ1n) is 10.7. The van der Waals surface area contributed by atoms with E-state index < -0.39 is 0 Å². The average molecular weight is 436 g/mol. The number of ether oxygens (including phenoxy) is 2. The lowest BCUT2D eigenvalue weighted by molar-refractivity contribution is -0.126. The van der Waals surface area contributed by atoms with Gasteiger partial charge in [-0.1, -0.05) is 32.0 Å². The summed E-state index contributed by atoms with van der Waals surface area (Å²) in [7, 11) is 5.57. The minimum absolute atomic E-state index is 0.0738. The van der Waals surface area contributed by atoms with Crippen LogP contribution in [-0.2, 0) is 11.3 Å². The molecule has 0 aliphatic heterocycles. The molecule has 0 N–H and O–H groups in total. The van der Waals surface area contributed by atoms with Crippen molar-refractivity contribution >= 4 is 12.0 Å². The number of rotatable bonds is 11. The molecular weight excluding hydrogens is 402 g/mol. The van der Waals surface area contributed by atoms with E-state index in [9.17, 15) is 4.79 Å². The number of amides is 1. The van der Waals surface area contributed by atoms with E-state index in [2.05, 4.69) is 19.9 Å². The maximum atomic E-state index is 13.0. The average Bonchev–Trinajstić information content (AvgIpc) is 2.79. The van der Waals surface area contributed by atoms with Crippen LogP contribution >= 0.6 is 0 Å². The van der Waals surface area contributed by atoms with Crippen molar-refractivity contribution in [2.45, 2.75) is 20.4 Å². The monoisotopic (exact) mass is 435 g/mol. The summed E-state index contributed by atoms with van der Waals surface area (Å²) in [6.07, 6.45) is 3.38. The van der Waals surface area contributed by atoms with Crippen molar-refractivity contribution in [3.63, 3.8) is 0 Å². The first-order valence-corrected chi connectivity index (χ1v) is 10.7. The fraction of sp³-hybridized carbons (Fsp3) is 0.385. The van der Waals surface area contributed by atoms with Crippen LogP contribution in [0.25, 0.3) is 6.08 Å². The number of carbonyl (C=O) groups excluding carboxylic acids is 1. The summed E-state index contributed by atoms with van der Waals surface area (Å²) in [5, 5.41) is 8.98. The van der Waals surface area contributed by atoms with Crippen LogP contribution in [-0.4, -0.2) is 56.6 Å². The Kier molecular flexibility index (Phi) is 9.77. The Morgan fingerprint density at radius 1 is 1.09 bits per heavy atom. The maximum Gasteiger partial charge on any atom is 0.246 e. The lowest BCUT2D eigenvalue weighted by atomic mass is 10.1. The highest BCUT2D eigenvalue weighted by Gasteiger charge is 2.12. The van der Waals surface area contributed by atoms with Gasteiger partial charge < -0.3 is 19.3 Å². The Morgan fingerprint density at radius 2 is 1.81 bits per heavy atom. The second kappa shape index (κ2) is 12.5. The third-order valence-corrected chi connectivity index (χ3v) is 4.76. The zero-order chi connectivity index (χ0) is 23.5. The molecule has 1 amide bonds. The molecule has 170 valence electrons. The van der Waals surface area contributed by atoms with Gasteiger partial charge >= 0.3 is 0 Å². The van der Waals surface area contributed by atoms with E-state index in [-0.39, 0.29) is 5.91 Å². The van der Waals surface area contributed by atoms with Gasteiger partial charge in [-0.25, -0.2) is 0 Å². The molecule has 0 bridgehead atoms. The summed E-state index contributed by atoms with van der Waals surface area (Å²) in [4.78, 5) is 16.8. The number of hydrogen-bond acceptors (Lipinski definition) is 5. The quantitative estimate of drug-likeness (QED) is 0.495. The van der Waals surface area contributed by atoms with E-state index in [1.807, 2.05) is 49.3 Å². The highest BCUT2D eigenvalue weighted by molar-refractivity contribution is 5.91. The lowest BCUT2D eigenvalue weighted by Crippen LogP contribution is -2.35. The summed E-state index contributed by atoms with van der Waals surface area (Å²) in [5.41, 5.74) is 2.45. The Labute approximate surface area is 191 Å². The number of nitrogens with zero attached hydrogens (tertiary/aromatic N) is 3. The largest absolute Gasteiger partial charge is 0.493 e. The van der Waals surface area contributed by atoms with Crippen LogP contribution in [0.5, 0.6) is 11.5 Å². The molecule has 0 saturated heterocycles. The van der Waals surface area contributed by atoms with Crippen LogP contribution in [0.2, 0.25) is 0 Å². The predicted molar refractivity (Wildman–Crippen MR) is 127 cm³/mol. The van der Waals surface area contributed by atoms with Gasteiger partial charge in [0.05, 0.1) is 25.3 Å². The molecule has 32 heavy (non-hydrogen) atoms. The second-order valence-electron chi connectivity index (χ2n) is 8.32. The van der Waals surface area contributed by atoms with Gasteiger partial charge in [-0.05, 0) is 61.5 Å². The minimum Gasteiger partial charge on any atom is -0.493 e. The summed E-state index contributed by atoms with van der Waals surface area (Å²) in [6.45, 7) is 6.63. The minimum atomic E-state index is -0.0738. The number of nitriles is 1. The molecule has 0 fully saturated rings. The third-order valence-electron chi connectivity index (χ3n) is 4.76. The lowest BCUT2D eigenvalue weighted by Gasteiger charge is -2.23. The van der Waals surface area contributed by atoms with Crippen molar-refractivity contribution in [3.05, 3.63) is 65.2 Å². The van der Waals surface area contributed by atoms with Crippen molar-refractivity contribution in [1.29, 1.82) is 5.26 Å². The zero-order valence-electron chi connectivity index (χ0n) is 19.7. The van der Waals surface area contributed by atoms with E-state index in [1.54, 1.807) is 36.3 Å². The Morgan fingerprint density at radius 3 is 2.41 bits per heavy atom. The Balaban J connectivity index is 2.13. The SMILES string of the molecule is COc1cc(C=CC(=O)N(CCN(C)C)Cc2ccc(C#N)cc2)ccc1OCC(C)C. The molecule has 0 aromatic heterocycles. The van der Waals surface area contributed by atoms with Crippen molar-refractivity contribution in [2.75, 3.05) is 40.9 Å². The molecule has 0 aliphatic rings. The Hall–Kier alpha value is -3.30. The highest BCUT2D eigenvalue weighted by Crippen LogP contribution is 2.29. The summed E-state index contributed by atoms with van der Waals surface area (Å²) < 4.78 is 11.2. The van der Waals surface area contributed by atoms with E-state index in [0.717, 1.165) is 17.7 Å². The molecule has 6 heteroatoms. The maximum absolute atomic E-state index is 13.0. The summed E-state index contributed by atoms with van der Waals surface area (Å²) in [6, 6.07) is 15.1. The zero-order valence-corrected chi connectivity index (χ0v) is 19.7. The van der Waals surface area contributed by atoms with Crippen molar-refractivity contribution in [3.8, 4) is 17.6 Å². The molecule has 0 saturated carbocycles. The van der Waals surface area contributed by atoms with E-state index >= 15 is 0 Å². The van der Waals surface area contributed by atoms with Gasteiger partial charge in [0.1, 0.15) is 0 Å². The van der Waals surface area contributed by atoms with Crippen LogP contribution in [0.1, 0.15) is 30.5 Å². The number of methoxy groups -OCH3 is 1. The van der Waals surface area contributed by atoms with Crippen molar-refractivity contribution in [2.24, 2.45) is 5.92 Å². The Bertz CT molecular complexity index is 944. The number of likely N-dealkylation sites (N-methyl/N-ethyl adjacent to an activating group) is 1. The van der Waals surface area contributed by atoms with E-state index in [4.69, 9.17) is 14.7 Å². The molecule has 2 aromatic carbocycles. The van der Waals surface area contributed by atoms with Gasteiger partial charge in [-0.15, -0.1) is 0 Å². The molecule has 0 atom stereocenters. The fourth-order valence-corrected chi connectivity index (χ4v) is 2.93. The van der Waals surface area contributed by atoms with Crippen LogP contribution < -0.4 is 9.47 Å². The molecule has 2 aromatic rings. The topological polar surface area (TPSA) is 65.8 Å². The first-order chi connectivity index (χ1) is 15.3. The van der Waals surface area contributed by atoms with Gasteiger partial charge in [-0.2, -0.15) is 5.26 Å². The van der Waals surface area contributed by atoms with E-state index in [0.29, 0.717) is 42.7 Å². The molecule has 0 heterocycles. The molecule has 0 spiro atoms. The highest BCUT2D eigenvalue weighted by atomic mass is 16.5. The predicted octanol–water partition coefficient (Wildman–Crippen LogP) is 4.21. The van der Waals surface area contributed by atoms with Crippen molar-refractivity contribution < 1.29 is 14.3 Å². The number of carbonyl (C=O) groups is 1. The van der Waals surface area contributed by atoms with Gasteiger partial charge in [0, 0.05) is 25.7 Å². The van der Waals surface area contributed by atoms with Crippen molar-refractivity contribution in [1.82, 2.24) is 9.80 Å². The molecule has 0 radical (unpaired) electrons. The molecule has 6 nitrogen and oxygen atoms in total. The second-order valence-corrected chi connectivity index (χ2v) is 8.32. The van der Waals surface area contributed by atoms with E-state index in [1.165, 1.54) is 0 Å². The molecule has 2 rings (SSSR count). The standard InChI is InChI=1S/C26H33N3O3/c1-20(2)19-32-24-12-10-21(16-25(24)31-5)11-13-26(30)29(15-14-28(3)4)18-23-8-6-22(17-27)7-9-23/h6-13,16,20H,14-15,18-19H2,1-5H3. The van der Waals surface area contributed by atoms with Crippen LogP contribution in [0.4, 0.5) is 0 Å². The van der Waals surface area contributed by atoms with Gasteiger partial charge in [0.2, 0.25) is 5.91 Å². The summed E-state index contributed by atoms with van der Waals surface area (Å²) in [5.74, 6) is 1.68. The van der Waals surface area contributed by atoms with Gasteiger partial charge in [-0.3, -0.25) is 4.79 Å². The van der Waals surface area contributed by atoms with Crippen LogP contribution in [0.3, 0.4) is 0 Å². The first kappa shape index (κ1) is 25.0. The van der Waals surface area contributed by atoms with Gasteiger partial charge in [0.25, 0.3) is 0 Å². The normalized spacial score (nSPS) is 11.1. The summed E-state index contributed by atoms with van der Waals surface area (Å²) >= 11 is 0. The molecule has 0 aliphatic carbocycles.